The lowest BCUT2D eigenvalue weighted by Gasteiger charge is -1.88. The standard InChI is InChI=1S/C6H6N2O3.C2H4O2/c1-3-11-6(10)5(8-7)4(2)9;1-2(3)4/h3H,1H2,2H3;1H3,(H,3,4). The van der Waals surface area contributed by atoms with E-state index in [4.69, 9.17) is 15.4 Å². The molecule has 0 aromatic rings. The van der Waals surface area contributed by atoms with Gasteiger partial charge in [0.05, 0.1) is 6.26 Å². The number of carbonyl (C=O) groups excluding carboxylic acids is 2. The van der Waals surface area contributed by atoms with Crippen LogP contribution in [0.25, 0.3) is 5.53 Å². The highest BCUT2D eigenvalue weighted by molar-refractivity contribution is 6.61. The van der Waals surface area contributed by atoms with E-state index in [1.807, 2.05) is 0 Å². The van der Waals surface area contributed by atoms with Crippen LogP contribution in [0.1, 0.15) is 13.8 Å². The third-order valence-electron chi connectivity index (χ3n) is 0.817. The van der Waals surface area contributed by atoms with Crippen LogP contribution in [-0.4, -0.2) is 33.3 Å². The van der Waals surface area contributed by atoms with Crippen molar-refractivity contribution in [1.82, 2.24) is 0 Å². The molecule has 0 aromatic carbocycles. The Hall–Kier alpha value is -2.27. The predicted molar refractivity (Wildman–Crippen MR) is 48.9 cm³/mol. The summed E-state index contributed by atoms with van der Waals surface area (Å²) in [5, 5.41) is 7.42. The van der Waals surface area contributed by atoms with Crippen LogP contribution in [0.15, 0.2) is 12.8 Å². The molecule has 0 rings (SSSR count). The summed E-state index contributed by atoms with van der Waals surface area (Å²) in [6.45, 7) is 5.25. The van der Waals surface area contributed by atoms with Gasteiger partial charge in [0.15, 0.2) is 0 Å². The van der Waals surface area contributed by atoms with Gasteiger partial charge in [-0.3, -0.25) is 9.59 Å². The first kappa shape index (κ1) is 15.2. The van der Waals surface area contributed by atoms with E-state index in [1.165, 1.54) is 0 Å². The van der Waals surface area contributed by atoms with E-state index in [-0.39, 0.29) is 0 Å². The van der Waals surface area contributed by atoms with Gasteiger partial charge in [-0.05, 0) is 0 Å². The third-order valence-corrected chi connectivity index (χ3v) is 0.817. The number of hydrogen-bond donors (Lipinski definition) is 1. The average molecular weight is 214 g/mol. The second-order valence-corrected chi connectivity index (χ2v) is 2.10. The van der Waals surface area contributed by atoms with E-state index in [2.05, 4.69) is 16.1 Å². The van der Waals surface area contributed by atoms with Crippen molar-refractivity contribution in [1.29, 1.82) is 0 Å². The molecular weight excluding hydrogens is 204 g/mol. The van der Waals surface area contributed by atoms with Crippen molar-refractivity contribution in [2.75, 3.05) is 0 Å². The number of carboxylic acid groups (broad SMARTS) is 1. The van der Waals surface area contributed by atoms with Crippen LogP contribution in [0.3, 0.4) is 0 Å². The van der Waals surface area contributed by atoms with Crippen LogP contribution in [-0.2, 0) is 19.1 Å². The molecular formula is C8H10N2O5. The first-order valence-electron chi connectivity index (χ1n) is 3.61. The van der Waals surface area contributed by atoms with Gasteiger partial charge in [0.1, 0.15) is 0 Å². The SMILES string of the molecule is C=COC(=O)C(=[N+]=[N-])C(C)=O.CC(=O)O. The van der Waals surface area contributed by atoms with Gasteiger partial charge in [0.2, 0.25) is 5.78 Å². The Kier molecular flexibility index (Phi) is 8.45. The number of esters is 1. The first-order valence-corrected chi connectivity index (χ1v) is 3.61. The number of ether oxygens (including phenoxy) is 1. The van der Waals surface area contributed by atoms with E-state index in [0.717, 1.165) is 20.1 Å². The lowest BCUT2D eigenvalue weighted by atomic mass is 10.3. The molecule has 7 heteroatoms. The summed E-state index contributed by atoms with van der Waals surface area (Å²) < 4.78 is 4.17. The molecule has 0 saturated carbocycles. The third kappa shape index (κ3) is 9.65. The minimum Gasteiger partial charge on any atom is -0.481 e. The Labute approximate surface area is 85.6 Å². The van der Waals surface area contributed by atoms with Gasteiger partial charge >= 0.3 is 11.7 Å². The van der Waals surface area contributed by atoms with E-state index in [1.54, 1.807) is 0 Å². The summed E-state index contributed by atoms with van der Waals surface area (Å²) in [6.07, 6.45) is 0.844. The number of ketones is 1. The number of Topliss-reactive ketones (excluding diaryl/α,β-unsaturated/α-hetero) is 1. The number of carboxylic acids is 1. The van der Waals surface area contributed by atoms with Crippen LogP contribution >= 0.6 is 0 Å². The van der Waals surface area contributed by atoms with Gasteiger partial charge in [-0.1, -0.05) is 6.58 Å². The largest absolute Gasteiger partial charge is 0.481 e. The summed E-state index contributed by atoms with van der Waals surface area (Å²) in [5.74, 6) is -2.52. The minimum absolute atomic E-state index is 0.648. The molecule has 0 amide bonds. The first-order chi connectivity index (χ1) is 6.86. The van der Waals surface area contributed by atoms with Crippen LogP contribution in [0.4, 0.5) is 0 Å². The monoisotopic (exact) mass is 214 g/mol. The van der Waals surface area contributed by atoms with Crippen molar-refractivity contribution in [3.8, 4) is 0 Å². The van der Waals surface area contributed by atoms with Crippen molar-refractivity contribution in [2.24, 2.45) is 0 Å². The molecule has 1 N–H and O–H groups in total. The lowest BCUT2D eigenvalue weighted by molar-refractivity contribution is -0.137. The fraction of sp³-hybridized carbons (Fsp3) is 0.250. The Balaban J connectivity index is 0. The van der Waals surface area contributed by atoms with Crippen molar-refractivity contribution in [2.45, 2.75) is 13.8 Å². The van der Waals surface area contributed by atoms with E-state index < -0.39 is 23.4 Å². The molecule has 0 spiro atoms. The maximum Gasteiger partial charge on any atom is 0.441 e. The number of nitrogens with zero attached hydrogens (tertiary/aromatic N) is 2. The number of hydrogen-bond acceptors (Lipinski definition) is 4. The van der Waals surface area contributed by atoms with E-state index in [9.17, 15) is 9.59 Å². The van der Waals surface area contributed by atoms with E-state index in [0.29, 0.717) is 0 Å². The van der Waals surface area contributed by atoms with Crippen LogP contribution in [0.5, 0.6) is 0 Å². The summed E-state index contributed by atoms with van der Waals surface area (Å²) in [4.78, 5) is 32.5. The van der Waals surface area contributed by atoms with Gasteiger partial charge < -0.3 is 15.4 Å². The van der Waals surface area contributed by atoms with Crippen LogP contribution in [0, 0.1) is 0 Å². The minimum atomic E-state index is -1.02. The number of rotatable bonds is 3. The number of carbonyl (C=O) groups is 3. The van der Waals surface area contributed by atoms with Gasteiger partial charge in [-0.25, -0.2) is 4.79 Å². The zero-order valence-electron chi connectivity index (χ0n) is 8.26. The Bertz CT molecular complexity index is 324. The fourth-order valence-electron chi connectivity index (χ4n) is 0.386. The maximum absolute atomic E-state index is 10.6. The summed E-state index contributed by atoms with van der Waals surface area (Å²) in [7, 11) is 0. The molecule has 0 fully saturated rings. The van der Waals surface area contributed by atoms with Gasteiger partial charge in [0, 0.05) is 13.8 Å². The molecule has 0 aliphatic carbocycles. The second-order valence-electron chi connectivity index (χ2n) is 2.10. The topological polar surface area (TPSA) is 117 Å². The highest BCUT2D eigenvalue weighted by Gasteiger charge is 2.26. The van der Waals surface area contributed by atoms with Crippen molar-refractivity contribution >= 4 is 23.4 Å². The molecule has 15 heavy (non-hydrogen) atoms. The molecule has 0 unspecified atom stereocenters. The van der Waals surface area contributed by atoms with Crippen LogP contribution in [0.2, 0.25) is 0 Å². The quantitative estimate of drug-likeness (QED) is 0.177. The normalized spacial score (nSPS) is 7.33. The van der Waals surface area contributed by atoms with Gasteiger partial charge in [-0.2, -0.15) is 4.79 Å². The van der Waals surface area contributed by atoms with E-state index >= 15 is 0 Å². The van der Waals surface area contributed by atoms with Crippen molar-refractivity contribution in [3.63, 3.8) is 0 Å². The van der Waals surface area contributed by atoms with Gasteiger partial charge in [-0.15, -0.1) is 0 Å². The summed E-state index contributed by atoms with van der Waals surface area (Å²) in [5.41, 5.74) is 7.48. The molecule has 0 radical (unpaired) electrons. The lowest BCUT2D eigenvalue weighted by Crippen LogP contribution is -2.23. The van der Waals surface area contributed by atoms with Crippen molar-refractivity contribution in [3.05, 3.63) is 18.4 Å². The van der Waals surface area contributed by atoms with Crippen LogP contribution < -0.4 is 0 Å². The molecule has 0 aliphatic heterocycles. The molecule has 7 nitrogen and oxygen atoms in total. The molecule has 0 atom stereocenters. The highest BCUT2D eigenvalue weighted by Crippen LogP contribution is 1.82. The Morgan fingerprint density at radius 2 is 1.80 bits per heavy atom. The highest BCUT2D eigenvalue weighted by atomic mass is 16.5. The van der Waals surface area contributed by atoms with Crippen molar-refractivity contribution < 1.29 is 29.0 Å². The Morgan fingerprint density at radius 1 is 1.40 bits per heavy atom. The average Bonchev–Trinajstić information content (AvgIpc) is 2.03. The predicted octanol–water partition coefficient (Wildman–Crippen LogP) is 0.0238. The summed E-state index contributed by atoms with van der Waals surface area (Å²) >= 11 is 0. The molecule has 0 heterocycles. The number of aliphatic carboxylic acids is 1. The summed E-state index contributed by atoms with van der Waals surface area (Å²) in [6, 6.07) is 0. The smallest absolute Gasteiger partial charge is 0.441 e. The maximum atomic E-state index is 10.6. The Morgan fingerprint density at radius 3 is 2.00 bits per heavy atom. The molecule has 0 bridgehead atoms. The molecule has 0 saturated heterocycles. The zero-order valence-corrected chi connectivity index (χ0v) is 8.26. The molecule has 82 valence electrons. The molecule has 0 aromatic heterocycles. The fourth-order valence-corrected chi connectivity index (χ4v) is 0.386. The molecule has 0 aliphatic rings. The van der Waals surface area contributed by atoms with Gasteiger partial charge in [0.25, 0.3) is 5.97 Å². The zero-order chi connectivity index (χ0) is 12.4. The second kappa shape index (κ2) is 8.33.